The summed E-state index contributed by atoms with van der Waals surface area (Å²) in [6, 6.07) is 7.46. The monoisotopic (exact) mass is 175 g/mol. The molecule has 3 nitrogen and oxygen atoms in total. The largest absolute Gasteiger partial charge is 0.325 e. The van der Waals surface area contributed by atoms with Gasteiger partial charge in [-0.05, 0) is 11.6 Å². The Bertz CT molecular complexity index is 360. The van der Waals surface area contributed by atoms with Crippen LogP contribution in [0.1, 0.15) is 17.9 Å². The van der Waals surface area contributed by atoms with E-state index in [0.29, 0.717) is 0 Å². The minimum atomic E-state index is -0.284. The maximum absolute atomic E-state index is 11.4. The first-order valence-electron chi connectivity index (χ1n) is 4.16. The van der Waals surface area contributed by atoms with Crippen molar-refractivity contribution in [2.45, 2.75) is 12.3 Å². The van der Waals surface area contributed by atoms with E-state index < -0.39 is 0 Å². The summed E-state index contributed by atoms with van der Waals surface area (Å²) in [5, 5.41) is 2.73. The molecule has 0 saturated heterocycles. The average Bonchev–Trinajstić information content (AvgIpc) is 2.44. The fourth-order valence-corrected chi connectivity index (χ4v) is 1.61. The molecular weight excluding hydrogens is 166 g/mol. The predicted octanol–water partition coefficient (Wildman–Crippen LogP) is 1.31. The van der Waals surface area contributed by atoms with E-state index in [1.165, 1.54) is 0 Å². The quantitative estimate of drug-likeness (QED) is 0.689. The van der Waals surface area contributed by atoms with E-state index in [1.54, 1.807) is 0 Å². The number of para-hydroxylation sites is 1. The molecule has 1 aliphatic rings. The average molecular weight is 175 g/mol. The fourth-order valence-electron chi connectivity index (χ4n) is 1.61. The summed E-state index contributed by atoms with van der Waals surface area (Å²) in [5.74, 6) is -0.359. The number of carbonyl (C=O) groups excluding carboxylic acids is 2. The number of hydrogen-bond donors (Lipinski definition) is 1. The molecule has 3 heteroatoms. The molecule has 0 saturated carbocycles. The van der Waals surface area contributed by atoms with Crippen LogP contribution in [0.2, 0.25) is 0 Å². The third-order valence-corrected chi connectivity index (χ3v) is 2.24. The fraction of sp³-hybridized carbons (Fsp3) is 0.200. The number of anilines is 1. The van der Waals surface area contributed by atoms with Crippen LogP contribution < -0.4 is 5.32 Å². The highest BCUT2D eigenvalue weighted by atomic mass is 16.2. The van der Waals surface area contributed by atoms with Gasteiger partial charge in [-0.15, -0.1) is 0 Å². The lowest BCUT2D eigenvalue weighted by molar-refractivity contribution is -0.119. The predicted molar refractivity (Wildman–Crippen MR) is 48.5 cm³/mol. The van der Waals surface area contributed by atoms with Crippen molar-refractivity contribution in [3.63, 3.8) is 0 Å². The Labute approximate surface area is 75.8 Å². The minimum absolute atomic E-state index is 0.0756. The maximum Gasteiger partial charge on any atom is 0.232 e. The topological polar surface area (TPSA) is 46.2 Å². The normalized spacial score (nSPS) is 19.4. The zero-order valence-corrected chi connectivity index (χ0v) is 6.99. The molecule has 1 unspecified atom stereocenters. The van der Waals surface area contributed by atoms with Crippen molar-refractivity contribution in [1.29, 1.82) is 0 Å². The highest BCUT2D eigenvalue weighted by molar-refractivity contribution is 6.03. The summed E-state index contributed by atoms with van der Waals surface area (Å²) in [6.07, 6.45) is 1.05. The number of rotatable bonds is 2. The Kier molecular flexibility index (Phi) is 1.85. The second-order valence-corrected chi connectivity index (χ2v) is 3.03. The first-order chi connectivity index (χ1) is 6.33. The second-order valence-electron chi connectivity index (χ2n) is 3.03. The lowest BCUT2D eigenvalue weighted by atomic mass is 9.98. The van der Waals surface area contributed by atoms with Gasteiger partial charge in [0.25, 0.3) is 0 Å². The van der Waals surface area contributed by atoms with Crippen molar-refractivity contribution in [3.8, 4) is 0 Å². The van der Waals surface area contributed by atoms with Gasteiger partial charge in [-0.1, -0.05) is 18.2 Å². The summed E-state index contributed by atoms with van der Waals surface area (Å²) in [4.78, 5) is 21.7. The van der Waals surface area contributed by atoms with Crippen LogP contribution in [-0.4, -0.2) is 12.2 Å². The van der Waals surface area contributed by atoms with Crippen LogP contribution in [0.15, 0.2) is 24.3 Å². The number of aldehydes is 1. The molecular formula is C10H9NO2. The van der Waals surface area contributed by atoms with Crippen LogP contribution in [0.25, 0.3) is 0 Å². The molecule has 1 atom stereocenters. The summed E-state index contributed by atoms with van der Waals surface area (Å²) in [5.41, 5.74) is 1.76. The molecule has 1 N–H and O–H groups in total. The number of fused-ring (bicyclic) bond motifs is 1. The van der Waals surface area contributed by atoms with E-state index >= 15 is 0 Å². The van der Waals surface area contributed by atoms with Gasteiger partial charge in [0.2, 0.25) is 5.91 Å². The molecule has 0 radical (unpaired) electrons. The molecule has 0 aliphatic carbocycles. The molecule has 1 aliphatic heterocycles. The Balaban J connectivity index is 2.40. The third kappa shape index (κ3) is 1.22. The standard InChI is InChI=1S/C10H9NO2/c12-6-5-8-7-3-1-2-4-9(7)11-10(8)13/h1-4,6,8H,5H2,(H,11,13). The van der Waals surface area contributed by atoms with Crippen LogP contribution in [0.4, 0.5) is 5.69 Å². The van der Waals surface area contributed by atoms with Crippen LogP contribution in [0.5, 0.6) is 0 Å². The number of amides is 1. The van der Waals surface area contributed by atoms with Crippen molar-refractivity contribution < 1.29 is 9.59 Å². The van der Waals surface area contributed by atoms with Gasteiger partial charge >= 0.3 is 0 Å². The van der Waals surface area contributed by atoms with Gasteiger partial charge in [-0.3, -0.25) is 4.79 Å². The molecule has 1 heterocycles. The summed E-state index contributed by atoms with van der Waals surface area (Å²) in [7, 11) is 0. The molecule has 1 aromatic rings. The third-order valence-electron chi connectivity index (χ3n) is 2.24. The van der Waals surface area contributed by atoms with Crippen LogP contribution >= 0.6 is 0 Å². The maximum atomic E-state index is 11.4. The lowest BCUT2D eigenvalue weighted by Crippen LogP contribution is -2.12. The zero-order chi connectivity index (χ0) is 9.26. The molecule has 1 amide bonds. The Morgan fingerprint density at radius 1 is 1.38 bits per heavy atom. The number of hydrogen-bond acceptors (Lipinski definition) is 2. The molecule has 2 rings (SSSR count). The first-order valence-corrected chi connectivity index (χ1v) is 4.16. The van der Waals surface area contributed by atoms with Gasteiger partial charge in [0.15, 0.2) is 0 Å². The lowest BCUT2D eigenvalue weighted by Gasteiger charge is -2.01. The Morgan fingerprint density at radius 2 is 2.15 bits per heavy atom. The van der Waals surface area contributed by atoms with Gasteiger partial charge < -0.3 is 10.1 Å². The van der Waals surface area contributed by atoms with E-state index in [-0.39, 0.29) is 18.2 Å². The molecule has 0 aromatic heterocycles. The van der Waals surface area contributed by atoms with Gasteiger partial charge in [-0.2, -0.15) is 0 Å². The Hall–Kier alpha value is -1.64. The summed E-state index contributed by atoms with van der Waals surface area (Å²) >= 11 is 0. The minimum Gasteiger partial charge on any atom is -0.325 e. The van der Waals surface area contributed by atoms with E-state index in [0.717, 1.165) is 17.5 Å². The second kappa shape index (κ2) is 3.01. The van der Waals surface area contributed by atoms with Crippen molar-refractivity contribution in [2.24, 2.45) is 0 Å². The first kappa shape index (κ1) is 7.98. The van der Waals surface area contributed by atoms with Crippen LogP contribution in [0, 0.1) is 0 Å². The van der Waals surface area contributed by atoms with E-state index in [1.807, 2.05) is 24.3 Å². The van der Waals surface area contributed by atoms with Crippen molar-refractivity contribution in [2.75, 3.05) is 5.32 Å². The highest BCUT2D eigenvalue weighted by Crippen LogP contribution is 2.33. The van der Waals surface area contributed by atoms with Crippen molar-refractivity contribution in [3.05, 3.63) is 29.8 Å². The number of nitrogens with one attached hydrogen (secondary N) is 1. The van der Waals surface area contributed by atoms with E-state index in [2.05, 4.69) is 5.32 Å². The van der Waals surface area contributed by atoms with Crippen LogP contribution in [0.3, 0.4) is 0 Å². The molecule has 1 aromatic carbocycles. The summed E-state index contributed by atoms with van der Waals surface area (Å²) in [6.45, 7) is 0. The van der Waals surface area contributed by atoms with Crippen molar-refractivity contribution >= 4 is 17.9 Å². The summed E-state index contributed by atoms with van der Waals surface area (Å²) < 4.78 is 0. The number of benzene rings is 1. The van der Waals surface area contributed by atoms with E-state index in [4.69, 9.17) is 0 Å². The van der Waals surface area contributed by atoms with Gasteiger partial charge in [-0.25, -0.2) is 0 Å². The molecule has 66 valence electrons. The van der Waals surface area contributed by atoms with Gasteiger partial charge in [0.05, 0.1) is 5.92 Å². The van der Waals surface area contributed by atoms with Crippen molar-refractivity contribution in [1.82, 2.24) is 0 Å². The Morgan fingerprint density at radius 3 is 2.92 bits per heavy atom. The smallest absolute Gasteiger partial charge is 0.232 e. The van der Waals surface area contributed by atoms with Crippen LogP contribution in [-0.2, 0) is 9.59 Å². The highest BCUT2D eigenvalue weighted by Gasteiger charge is 2.29. The number of carbonyl (C=O) groups is 2. The molecule has 13 heavy (non-hydrogen) atoms. The molecule has 0 spiro atoms. The molecule has 0 fully saturated rings. The van der Waals surface area contributed by atoms with Gasteiger partial charge in [0, 0.05) is 12.1 Å². The van der Waals surface area contributed by atoms with Gasteiger partial charge in [0.1, 0.15) is 6.29 Å². The van der Waals surface area contributed by atoms with E-state index in [9.17, 15) is 9.59 Å². The molecule has 0 bridgehead atoms. The SMILES string of the molecule is O=CCC1C(=O)Nc2ccccc21. The zero-order valence-electron chi connectivity index (χ0n) is 6.99.